The summed E-state index contributed by atoms with van der Waals surface area (Å²) in [6, 6.07) is 0. The molecule has 0 saturated heterocycles. The van der Waals surface area contributed by atoms with Crippen molar-refractivity contribution in [2.75, 3.05) is 6.61 Å². The molecule has 0 spiro atoms. The molecule has 0 fully saturated rings. The number of hydrogen-bond donors (Lipinski definition) is 0. The third-order valence-corrected chi connectivity index (χ3v) is 0.832. The molecule has 0 N–H and O–H groups in total. The third kappa shape index (κ3) is 3.92. The van der Waals surface area contributed by atoms with Crippen LogP contribution in [0.4, 0.5) is 0 Å². The summed E-state index contributed by atoms with van der Waals surface area (Å²) < 4.78 is 4.83. The zero-order valence-corrected chi connectivity index (χ0v) is 6.27. The predicted molar refractivity (Wildman–Crippen MR) is 30.7 cm³/mol. The van der Waals surface area contributed by atoms with Gasteiger partial charge in [0.15, 0.2) is 0 Å². The Labute approximate surface area is 41.6 Å². The highest BCUT2D eigenvalue weighted by molar-refractivity contribution is 5.98. The van der Waals surface area contributed by atoms with Gasteiger partial charge in [-0.2, -0.15) is 0 Å². The van der Waals surface area contributed by atoms with Crippen LogP contribution in [0.2, 0.25) is 0 Å². The molecule has 0 saturated carbocycles. The summed E-state index contributed by atoms with van der Waals surface area (Å²) in [4.78, 5) is 0. The monoisotopic (exact) mass is 102 g/mol. The van der Waals surface area contributed by atoms with Crippen molar-refractivity contribution in [2.24, 2.45) is 0 Å². The van der Waals surface area contributed by atoms with Crippen LogP contribution in [0.1, 0.15) is 6.92 Å². The lowest BCUT2D eigenvalue weighted by Crippen LogP contribution is -1.80. The van der Waals surface area contributed by atoms with Crippen molar-refractivity contribution in [3.05, 3.63) is 12.2 Å². The van der Waals surface area contributed by atoms with Gasteiger partial charge in [-0.25, -0.2) is 0 Å². The largest absolute Gasteiger partial charge is 0.424 e. The van der Waals surface area contributed by atoms with Crippen molar-refractivity contribution in [1.82, 2.24) is 0 Å². The van der Waals surface area contributed by atoms with E-state index in [1.54, 1.807) is 0 Å². The first-order chi connectivity index (χ1) is 2.91. The minimum atomic E-state index is 0.794. The van der Waals surface area contributed by atoms with Gasteiger partial charge in [-0.15, -0.1) is 0 Å². The third-order valence-electron chi connectivity index (χ3n) is 0.499. The fraction of sp³-hybridized carbons (Fsp3) is 0.500. The number of allylic oxidation sites excluding steroid dienone is 1. The Morgan fingerprint density at radius 1 is 1.83 bits per heavy atom. The molecule has 0 heterocycles. The Bertz CT molecular complexity index is 42.8. The van der Waals surface area contributed by atoms with Crippen molar-refractivity contribution in [2.45, 2.75) is 6.92 Å². The van der Waals surface area contributed by atoms with Crippen molar-refractivity contribution in [3.8, 4) is 0 Å². The molecule has 0 aliphatic heterocycles. The molecule has 0 aromatic heterocycles. The summed E-state index contributed by atoms with van der Waals surface area (Å²) in [7, 11) is 0.852. The Balaban J connectivity index is 2.66. The van der Waals surface area contributed by atoms with Gasteiger partial charge in [-0.3, -0.25) is 0 Å². The van der Waals surface area contributed by atoms with Crippen LogP contribution in [0, 0.1) is 0 Å². The lowest BCUT2D eigenvalue weighted by atomic mass is 10.6. The van der Waals surface area contributed by atoms with E-state index in [1.807, 2.05) is 19.1 Å². The van der Waals surface area contributed by atoms with E-state index < -0.39 is 0 Å². The highest BCUT2D eigenvalue weighted by atomic mass is 28.2. The van der Waals surface area contributed by atoms with Crippen molar-refractivity contribution >= 4 is 10.5 Å². The van der Waals surface area contributed by atoms with E-state index in [2.05, 4.69) is 0 Å². The zero-order chi connectivity index (χ0) is 4.83. The first-order valence-electron chi connectivity index (χ1n) is 2.02. The van der Waals surface area contributed by atoms with Gasteiger partial charge in [0.2, 0.25) is 0 Å². The summed E-state index contributed by atoms with van der Waals surface area (Å²) in [6.45, 7) is 2.78. The molecule has 0 bridgehead atoms. The van der Waals surface area contributed by atoms with Gasteiger partial charge >= 0.3 is 0 Å². The summed E-state index contributed by atoms with van der Waals surface area (Å²) >= 11 is 0. The lowest BCUT2D eigenvalue weighted by Gasteiger charge is -1.82. The maximum Gasteiger partial charge on any atom is 0.146 e. The molecule has 0 radical (unpaired) electrons. The molecular formula is C4H10OSi. The van der Waals surface area contributed by atoms with Gasteiger partial charge in [0.05, 0.1) is 6.61 Å². The second-order valence-corrected chi connectivity index (χ2v) is 1.60. The quantitative estimate of drug-likeness (QED) is 0.348. The molecule has 36 valence electrons. The van der Waals surface area contributed by atoms with E-state index >= 15 is 0 Å². The fourth-order valence-corrected chi connectivity index (χ4v) is 0.385. The Kier molecular flexibility index (Phi) is 4.85. The van der Waals surface area contributed by atoms with E-state index in [0.717, 1.165) is 17.1 Å². The minimum absolute atomic E-state index is 0.794. The van der Waals surface area contributed by atoms with E-state index in [9.17, 15) is 0 Å². The van der Waals surface area contributed by atoms with E-state index in [4.69, 9.17) is 4.43 Å². The summed E-state index contributed by atoms with van der Waals surface area (Å²) in [6.07, 6.45) is 3.98. The van der Waals surface area contributed by atoms with Gasteiger partial charge in [0.25, 0.3) is 0 Å². The summed E-state index contributed by atoms with van der Waals surface area (Å²) in [5.74, 6) is 0. The number of hydrogen-bond acceptors (Lipinski definition) is 1. The van der Waals surface area contributed by atoms with Crippen LogP contribution in [-0.2, 0) is 4.43 Å². The lowest BCUT2D eigenvalue weighted by molar-refractivity contribution is 0.401. The molecular weight excluding hydrogens is 92.1 g/mol. The van der Waals surface area contributed by atoms with Crippen LogP contribution in [0.15, 0.2) is 12.2 Å². The fourth-order valence-electron chi connectivity index (χ4n) is 0.192. The van der Waals surface area contributed by atoms with Crippen molar-refractivity contribution in [1.29, 1.82) is 0 Å². The first-order valence-corrected chi connectivity index (χ1v) is 2.83. The maximum atomic E-state index is 4.83. The normalized spacial score (nSPS) is 10.8. The van der Waals surface area contributed by atoms with E-state index in [0.29, 0.717) is 0 Å². The molecule has 0 amide bonds. The van der Waals surface area contributed by atoms with Gasteiger partial charge in [-0.05, 0) is 6.92 Å². The second kappa shape index (κ2) is 4.92. The standard InChI is InChI=1S/C4H10OSi/c1-2-3-4-5-6/h2-3H,4H2,1,6H3. The molecule has 6 heavy (non-hydrogen) atoms. The van der Waals surface area contributed by atoms with Crippen LogP contribution in [0.25, 0.3) is 0 Å². The number of rotatable bonds is 2. The first kappa shape index (κ1) is 5.92. The highest BCUT2D eigenvalue weighted by Gasteiger charge is 1.61. The summed E-state index contributed by atoms with van der Waals surface area (Å²) in [5.41, 5.74) is 0. The van der Waals surface area contributed by atoms with Crippen LogP contribution in [0.5, 0.6) is 0 Å². The smallest absolute Gasteiger partial charge is 0.146 e. The topological polar surface area (TPSA) is 9.23 Å². The summed E-state index contributed by atoms with van der Waals surface area (Å²) in [5, 5.41) is 0. The van der Waals surface area contributed by atoms with Gasteiger partial charge in [-0.1, -0.05) is 12.2 Å². The molecule has 0 unspecified atom stereocenters. The average Bonchev–Trinajstić information content (AvgIpc) is 1.61. The van der Waals surface area contributed by atoms with Crippen molar-refractivity contribution < 1.29 is 4.43 Å². The molecule has 0 aromatic carbocycles. The highest BCUT2D eigenvalue weighted by Crippen LogP contribution is 1.67. The van der Waals surface area contributed by atoms with Crippen LogP contribution in [0.3, 0.4) is 0 Å². The van der Waals surface area contributed by atoms with Gasteiger partial charge in [0.1, 0.15) is 10.5 Å². The second-order valence-electron chi connectivity index (χ2n) is 1.02. The van der Waals surface area contributed by atoms with Gasteiger partial charge in [0, 0.05) is 0 Å². The SMILES string of the molecule is CC=CCO[SiH3]. The van der Waals surface area contributed by atoms with Crippen LogP contribution < -0.4 is 0 Å². The van der Waals surface area contributed by atoms with Crippen LogP contribution in [-0.4, -0.2) is 17.1 Å². The minimum Gasteiger partial charge on any atom is -0.424 e. The Morgan fingerprint density at radius 2 is 2.50 bits per heavy atom. The molecule has 0 aromatic rings. The predicted octanol–water partition coefficient (Wildman–Crippen LogP) is -0.141. The Hall–Kier alpha value is -0.0831. The van der Waals surface area contributed by atoms with E-state index in [-0.39, 0.29) is 0 Å². The van der Waals surface area contributed by atoms with Crippen molar-refractivity contribution in [3.63, 3.8) is 0 Å². The molecule has 0 aliphatic carbocycles. The molecule has 0 atom stereocenters. The maximum absolute atomic E-state index is 4.83. The van der Waals surface area contributed by atoms with E-state index in [1.165, 1.54) is 0 Å². The average molecular weight is 102 g/mol. The molecule has 0 aliphatic rings. The molecule has 2 heteroatoms. The molecule has 1 nitrogen and oxygen atoms in total. The Morgan fingerprint density at radius 3 is 2.67 bits per heavy atom. The van der Waals surface area contributed by atoms with Gasteiger partial charge < -0.3 is 4.43 Å². The molecule has 0 rings (SSSR count). The van der Waals surface area contributed by atoms with Crippen LogP contribution >= 0.6 is 0 Å². The zero-order valence-electron chi connectivity index (χ0n) is 4.27.